The molecule has 0 saturated carbocycles. The number of fused-ring (bicyclic) bond motifs is 12. The third kappa shape index (κ3) is 4.68. The summed E-state index contributed by atoms with van der Waals surface area (Å²) in [5.74, 6) is 0. The van der Waals surface area contributed by atoms with Crippen LogP contribution in [0, 0.1) is 0 Å². The lowest BCUT2D eigenvalue weighted by molar-refractivity contribution is 1.13. The van der Waals surface area contributed by atoms with Crippen LogP contribution in [-0.2, 0) is 0 Å². The number of hydrogen-bond acceptors (Lipinski definition) is 0. The van der Waals surface area contributed by atoms with Gasteiger partial charge in [-0.2, -0.15) is 0 Å². The van der Waals surface area contributed by atoms with E-state index in [1.165, 1.54) is 131 Å². The van der Waals surface area contributed by atoms with Crippen molar-refractivity contribution < 1.29 is 0 Å². The quantitative estimate of drug-likeness (QED) is 0.157. The number of hydrogen-bond donors (Lipinski definition) is 0. The molecule has 4 heteroatoms. The minimum atomic E-state index is 1.15. The fraction of sp³-hybridized carbons (Fsp3) is 0. The summed E-state index contributed by atoms with van der Waals surface area (Å²) in [6, 6.07) is 85.6. The van der Waals surface area contributed by atoms with E-state index in [-0.39, 0.29) is 0 Å². The summed E-state index contributed by atoms with van der Waals surface area (Å²) >= 11 is 0. The van der Waals surface area contributed by atoms with Crippen LogP contribution in [0.5, 0.6) is 0 Å². The third-order valence-electron chi connectivity index (χ3n) is 15.0. The van der Waals surface area contributed by atoms with Crippen molar-refractivity contribution in [3.8, 4) is 22.7 Å². The summed E-state index contributed by atoms with van der Waals surface area (Å²) in [6.07, 6.45) is 0. The smallest absolute Gasteiger partial charge is 0.0782 e. The minimum absolute atomic E-state index is 1.15. The molecular formula is C64H38N4. The number of benzene rings is 12. The first-order chi connectivity index (χ1) is 33.8. The molecule has 0 saturated heterocycles. The van der Waals surface area contributed by atoms with Gasteiger partial charge >= 0.3 is 0 Å². The third-order valence-corrected chi connectivity index (χ3v) is 15.0. The van der Waals surface area contributed by atoms with Crippen molar-refractivity contribution in [3.05, 3.63) is 231 Å². The first-order valence-corrected chi connectivity index (χ1v) is 23.5. The summed E-state index contributed by atoms with van der Waals surface area (Å²) in [6.45, 7) is 0. The molecule has 16 rings (SSSR count). The highest BCUT2D eigenvalue weighted by Crippen LogP contribution is 2.45. The van der Waals surface area contributed by atoms with Crippen LogP contribution in [0.25, 0.3) is 142 Å². The highest BCUT2D eigenvalue weighted by atomic mass is 15.1. The van der Waals surface area contributed by atoms with Gasteiger partial charge in [-0.05, 0) is 105 Å². The fourth-order valence-electron chi connectivity index (χ4n) is 12.3. The number of para-hydroxylation sites is 8. The molecule has 0 atom stereocenters. The van der Waals surface area contributed by atoms with Crippen molar-refractivity contribution in [3.63, 3.8) is 0 Å². The maximum Gasteiger partial charge on any atom is 0.0782 e. The zero-order valence-corrected chi connectivity index (χ0v) is 36.7. The molecule has 0 aliphatic carbocycles. The van der Waals surface area contributed by atoms with Crippen LogP contribution in [0.15, 0.2) is 231 Å². The molecule has 0 N–H and O–H groups in total. The highest BCUT2D eigenvalue weighted by Gasteiger charge is 2.23. The van der Waals surface area contributed by atoms with Crippen LogP contribution >= 0.6 is 0 Å². The monoisotopic (exact) mass is 862 g/mol. The Hall–Kier alpha value is -9.12. The number of rotatable bonds is 4. The molecule has 4 heterocycles. The second-order valence-electron chi connectivity index (χ2n) is 18.5. The van der Waals surface area contributed by atoms with Crippen LogP contribution in [-0.4, -0.2) is 18.3 Å². The van der Waals surface area contributed by atoms with E-state index in [9.17, 15) is 0 Å². The standard InChI is InChI=1S/C64H38N4/c1-9-25-55-45(15-1)46-16-2-10-26-56(46)67(55)59-29-13-21-51-49-19-5-7-23-53(49)65(63(51)59)43-35-39-31-33-41-37-44(38-42-34-32-40(36-43)61(39)62(41)42)66-54-24-8-6-20-50(54)52-22-14-30-60(64(52)66)68-57-27-11-3-17-47(57)48-18-4-12-28-58(48)68/h1-38H. The average Bonchev–Trinajstić information content (AvgIpc) is 4.13. The SMILES string of the molecule is c1ccc2c(c1)c1ccccc1n2-c1cccc2c3ccccc3n(-c3cc4ccc5cc(-n6c7ccccc7c7cccc(-n8c9ccccc9c9ccccc98)c76)cc6ccc(c3)c4c56)c12. The van der Waals surface area contributed by atoms with Crippen molar-refractivity contribution in [2.75, 3.05) is 0 Å². The van der Waals surface area contributed by atoms with Gasteiger partial charge in [0, 0.05) is 54.5 Å². The lowest BCUT2D eigenvalue weighted by Gasteiger charge is -2.18. The van der Waals surface area contributed by atoms with E-state index < -0.39 is 0 Å². The van der Waals surface area contributed by atoms with Crippen LogP contribution in [0.1, 0.15) is 0 Å². The van der Waals surface area contributed by atoms with Gasteiger partial charge in [-0.3, -0.25) is 0 Å². The van der Waals surface area contributed by atoms with Crippen molar-refractivity contribution in [2.24, 2.45) is 0 Å². The fourth-order valence-corrected chi connectivity index (χ4v) is 12.3. The second kappa shape index (κ2) is 13.3. The molecule has 0 unspecified atom stereocenters. The molecule has 4 nitrogen and oxygen atoms in total. The summed E-state index contributed by atoms with van der Waals surface area (Å²) in [5.41, 5.74) is 14.2. The largest absolute Gasteiger partial charge is 0.307 e. The molecule has 314 valence electrons. The minimum Gasteiger partial charge on any atom is -0.307 e. The Labute approximate surface area is 389 Å². The Morgan fingerprint density at radius 1 is 0.206 bits per heavy atom. The predicted octanol–water partition coefficient (Wildman–Crippen LogP) is 17.0. The molecule has 0 spiro atoms. The Bertz CT molecular complexity index is 4320. The van der Waals surface area contributed by atoms with E-state index >= 15 is 0 Å². The molecule has 4 aromatic heterocycles. The Balaban J connectivity index is 0.934. The van der Waals surface area contributed by atoms with E-state index in [0.29, 0.717) is 0 Å². The van der Waals surface area contributed by atoms with Gasteiger partial charge in [-0.1, -0.05) is 158 Å². The summed E-state index contributed by atoms with van der Waals surface area (Å²) < 4.78 is 9.95. The zero-order chi connectivity index (χ0) is 44.2. The van der Waals surface area contributed by atoms with Gasteiger partial charge in [-0.25, -0.2) is 0 Å². The first kappa shape index (κ1) is 36.1. The highest BCUT2D eigenvalue weighted by molar-refractivity contribution is 6.25. The zero-order valence-electron chi connectivity index (χ0n) is 36.7. The molecule has 16 aromatic rings. The van der Waals surface area contributed by atoms with Crippen LogP contribution in [0.2, 0.25) is 0 Å². The van der Waals surface area contributed by atoms with Gasteiger partial charge in [0.2, 0.25) is 0 Å². The molecular weight excluding hydrogens is 825 g/mol. The average molecular weight is 863 g/mol. The summed E-state index contributed by atoms with van der Waals surface area (Å²) in [4.78, 5) is 0. The molecule has 0 bridgehead atoms. The van der Waals surface area contributed by atoms with Gasteiger partial charge in [0.15, 0.2) is 0 Å². The van der Waals surface area contributed by atoms with Crippen molar-refractivity contribution >= 4 is 120 Å². The maximum atomic E-state index is 2.51. The first-order valence-electron chi connectivity index (χ1n) is 23.5. The van der Waals surface area contributed by atoms with Gasteiger partial charge < -0.3 is 18.3 Å². The van der Waals surface area contributed by atoms with E-state index in [0.717, 1.165) is 11.4 Å². The van der Waals surface area contributed by atoms with Gasteiger partial charge in [0.05, 0.1) is 55.5 Å². The van der Waals surface area contributed by atoms with E-state index in [1.54, 1.807) is 0 Å². The van der Waals surface area contributed by atoms with Gasteiger partial charge in [0.25, 0.3) is 0 Å². The van der Waals surface area contributed by atoms with Crippen LogP contribution in [0.3, 0.4) is 0 Å². The van der Waals surface area contributed by atoms with Gasteiger partial charge in [-0.15, -0.1) is 0 Å². The number of aromatic nitrogens is 4. The van der Waals surface area contributed by atoms with E-state index in [2.05, 4.69) is 249 Å². The molecule has 0 fully saturated rings. The Morgan fingerprint density at radius 3 is 0.765 bits per heavy atom. The summed E-state index contributed by atoms with van der Waals surface area (Å²) in [5, 5.41) is 17.5. The Kier molecular flexibility index (Phi) is 7.04. The molecule has 68 heavy (non-hydrogen) atoms. The molecule has 0 amide bonds. The lowest BCUT2D eigenvalue weighted by Crippen LogP contribution is -2.01. The van der Waals surface area contributed by atoms with Crippen molar-refractivity contribution in [1.29, 1.82) is 0 Å². The maximum absolute atomic E-state index is 2.51. The molecule has 0 aliphatic rings. The van der Waals surface area contributed by atoms with Crippen molar-refractivity contribution in [1.82, 2.24) is 18.3 Å². The topological polar surface area (TPSA) is 19.7 Å². The Morgan fingerprint density at radius 2 is 0.456 bits per heavy atom. The number of nitrogens with zero attached hydrogens (tertiary/aromatic N) is 4. The van der Waals surface area contributed by atoms with E-state index in [1.807, 2.05) is 0 Å². The van der Waals surface area contributed by atoms with Crippen molar-refractivity contribution in [2.45, 2.75) is 0 Å². The lowest BCUT2D eigenvalue weighted by atomic mass is 9.93. The predicted molar refractivity (Wildman–Crippen MR) is 288 cm³/mol. The second-order valence-corrected chi connectivity index (χ2v) is 18.5. The summed E-state index contributed by atoms with van der Waals surface area (Å²) in [7, 11) is 0. The molecule has 0 radical (unpaired) electrons. The van der Waals surface area contributed by atoms with Crippen LogP contribution < -0.4 is 0 Å². The normalized spacial score (nSPS) is 12.4. The van der Waals surface area contributed by atoms with Crippen LogP contribution in [0.4, 0.5) is 0 Å². The van der Waals surface area contributed by atoms with Gasteiger partial charge in [0.1, 0.15) is 0 Å². The molecule has 0 aliphatic heterocycles. The van der Waals surface area contributed by atoms with E-state index in [4.69, 9.17) is 0 Å². The molecule has 12 aromatic carbocycles.